The number of halogens is 1. The topological polar surface area (TPSA) is 109 Å². The van der Waals surface area contributed by atoms with E-state index in [0.29, 0.717) is 41.1 Å². The van der Waals surface area contributed by atoms with Crippen LogP contribution in [0.1, 0.15) is 31.8 Å². The third-order valence-electron chi connectivity index (χ3n) is 7.30. The van der Waals surface area contributed by atoms with Crippen molar-refractivity contribution in [2.24, 2.45) is 0 Å². The van der Waals surface area contributed by atoms with E-state index in [0.717, 1.165) is 10.1 Å². The van der Waals surface area contributed by atoms with Gasteiger partial charge in [-0.3, -0.25) is 23.5 Å². The molecule has 0 saturated carbocycles. The van der Waals surface area contributed by atoms with Gasteiger partial charge in [0.05, 0.1) is 38.2 Å². The Morgan fingerprint density at radius 1 is 0.773 bits per heavy atom. The average Bonchev–Trinajstić information content (AvgIpc) is 3.05. The maximum atomic E-state index is 13.6. The SMILES string of the molecule is COc1ccc(CCNC(=O)c2ccc(Cn3c(=O)c4ccccc4n(CC(=O)c4ccc(F)cc4)c3=O)cc2)cc1OC. The van der Waals surface area contributed by atoms with Gasteiger partial charge in [-0.25, -0.2) is 9.18 Å². The van der Waals surface area contributed by atoms with Crippen molar-refractivity contribution in [2.45, 2.75) is 19.5 Å². The van der Waals surface area contributed by atoms with E-state index >= 15 is 0 Å². The highest BCUT2D eigenvalue weighted by molar-refractivity contribution is 5.96. The summed E-state index contributed by atoms with van der Waals surface area (Å²) >= 11 is 0. The lowest BCUT2D eigenvalue weighted by Crippen LogP contribution is -2.41. The number of ether oxygens (including phenoxy) is 2. The van der Waals surface area contributed by atoms with Crippen molar-refractivity contribution in [3.05, 3.63) is 140 Å². The minimum atomic E-state index is -0.652. The van der Waals surface area contributed by atoms with Crippen molar-refractivity contribution in [3.63, 3.8) is 0 Å². The first-order valence-corrected chi connectivity index (χ1v) is 13.9. The molecule has 5 aromatic rings. The first kappa shape index (κ1) is 30.0. The molecule has 1 heterocycles. The molecule has 0 atom stereocenters. The van der Waals surface area contributed by atoms with Gasteiger partial charge in [-0.15, -0.1) is 0 Å². The maximum Gasteiger partial charge on any atom is 0.332 e. The van der Waals surface area contributed by atoms with Gasteiger partial charge in [-0.2, -0.15) is 0 Å². The maximum absolute atomic E-state index is 13.6. The number of para-hydroxylation sites is 1. The van der Waals surface area contributed by atoms with Crippen molar-refractivity contribution in [1.82, 2.24) is 14.5 Å². The van der Waals surface area contributed by atoms with Crippen LogP contribution in [-0.4, -0.2) is 41.6 Å². The summed E-state index contributed by atoms with van der Waals surface area (Å²) in [5.41, 5.74) is 1.46. The van der Waals surface area contributed by atoms with E-state index in [9.17, 15) is 23.6 Å². The lowest BCUT2D eigenvalue weighted by Gasteiger charge is -2.14. The number of nitrogens with zero attached hydrogens (tertiary/aromatic N) is 2. The Hall–Kier alpha value is -5.51. The third kappa shape index (κ3) is 6.44. The lowest BCUT2D eigenvalue weighted by molar-refractivity contribution is 0.0951. The molecule has 44 heavy (non-hydrogen) atoms. The average molecular weight is 596 g/mol. The van der Waals surface area contributed by atoms with Crippen LogP contribution in [0.25, 0.3) is 10.9 Å². The molecule has 0 aliphatic rings. The Morgan fingerprint density at radius 2 is 1.43 bits per heavy atom. The van der Waals surface area contributed by atoms with E-state index in [1.54, 1.807) is 62.8 Å². The van der Waals surface area contributed by atoms with E-state index < -0.39 is 22.8 Å². The molecule has 0 aliphatic carbocycles. The molecular formula is C34H30FN3O6. The monoisotopic (exact) mass is 595 g/mol. The predicted octanol–water partition coefficient (Wildman–Crippen LogP) is 4.22. The fourth-order valence-corrected chi connectivity index (χ4v) is 4.94. The first-order chi connectivity index (χ1) is 21.3. The van der Waals surface area contributed by atoms with Crippen LogP contribution in [0.15, 0.2) is 101 Å². The number of aromatic nitrogens is 2. The second-order valence-electron chi connectivity index (χ2n) is 10.1. The number of methoxy groups -OCH3 is 2. The number of hydrogen-bond donors (Lipinski definition) is 1. The summed E-state index contributed by atoms with van der Waals surface area (Å²) in [6.45, 7) is 0.0147. The van der Waals surface area contributed by atoms with Gasteiger partial charge in [-0.05, 0) is 78.2 Å². The number of nitrogens with one attached hydrogen (secondary N) is 1. The number of rotatable bonds is 11. The molecule has 9 nitrogen and oxygen atoms in total. The molecule has 224 valence electrons. The Labute approximate surface area is 252 Å². The minimum Gasteiger partial charge on any atom is -0.493 e. The standard InChI is InChI=1S/C34H30FN3O6/c1-43-30-16-9-22(19-31(30)44-2)17-18-36-32(40)25-10-7-23(8-11-25)20-38-33(41)27-5-3-4-6-28(27)37(34(38)42)21-29(39)24-12-14-26(35)15-13-24/h3-16,19H,17-18,20-21H2,1-2H3,(H,36,40). The number of Topliss-reactive ketones (excluding diaryl/α,β-unsaturated/α-hetero) is 1. The zero-order valence-electron chi connectivity index (χ0n) is 24.2. The number of hydrogen-bond acceptors (Lipinski definition) is 6. The van der Waals surface area contributed by atoms with Crippen LogP contribution in [0, 0.1) is 5.82 Å². The van der Waals surface area contributed by atoms with E-state index in [1.165, 1.54) is 28.8 Å². The Bertz CT molecular complexity index is 1950. The van der Waals surface area contributed by atoms with Crippen LogP contribution in [0.2, 0.25) is 0 Å². The summed E-state index contributed by atoms with van der Waals surface area (Å²) in [7, 11) is 3.13. The van der Waals surface area contributed by atoms with Gasteiger partial charge in [0.25, 0.3) is 11.5 Å². The largest absolute Gasteiger partial charge is 0.493 e. The fourth-order valence-electron chi connectivity index (χ4n) is 4.94. The van der Waals surface area contributed by atoms with Crippen LogP contribution < -0.4 is 26.0 Å². The molecule has 0 unspecified atom stereocenters. The van der Waals surface area contributed by atoms with Gasteiger partial charge in [0.1, 0.15) is 5.82 Å². The van der Waals surface area contributed by atoms with E-state index in [2.05, 4.69) is 5.32 Å². The molecule has 0 fully saturated rings. The Morgan fingerprint density at radius 3 is 2.14 bits per heavy atom. The molecule has 4 aromatic carbocycles. The van der Waals surface area contributed by atoms with Gasteiger partial charge in [0, 0.05) is 17.7 Å². The molecule has 0 spiro atoms. The highest BCUT2D eigenvalue weighted by Crippen LogP contribution is 2.27. The molecule has 5 rings (SSSR count). The summed E-state index contributed by atoms with van der Waals surface area (Å²) in [5, 5.41) is 3.17. The van der Waals surface area contributed by atoms with Crippen molar-refractivity contribution in [1.29, 1.82) is 0 Å². The molecule has 1 amide bonds. The summed E-state index contributed by atoms with van der Waals surface area (Å²) in [5.74, 6) is 0.105. The number of amides is 1. The van der Waals surface area contributed by atoms with Gasteiger partial charge in [-0.1, -0.05) is 30.3 Å². The van der Waals surface area contributed by atoms with Gasteiger partial charge in [0.2, 0.25) is 0 Å². The number of ketones is 1. The molecule has 0 bridgehead atoms. The molecule has 0 aliphatic heterocycles. The normalized spacial score (nSPS) is 10.9. The van der Waals surface area contributed by atoms with Crippen molar-refractivity contribution in [2.75, 3.05) is 20.8 Å². The smallest absolute Gasteiger partial charge is 0.332 e. The van der Waals surface area contributed by atoms with E-state index in [-0.39, 0.29) is 29.9 Å². The summed E-state index contributed by atoms with van der Waals surface area (Å²) in [6, 6.07) is 23.8. The molecule has 0 saturated heterocycles. The molecule has 1 N–H and O–H groups in total. The second-order valence-corrected chi connectivity index (χ2v) is 10.1. The number of fused-ring (bicyclic) bond motifs is 1. The lowest BCUT2D eigenvalue weighted by atomic mass is 10.1. The molecule has 0 radical (unpaired) electrons. The zero-order chi connectivity index (χ0) is 31.2. The molecule has 1 aromatic heterocycles. The highest BCUT2D eigenvalue weighted by Gasteiger charge is 2.17. The Balaban J connectivity index is 1.31. The zero-order valence-corrected chi connectivity index (χ0v) is 24.2. The molecular weight excluding hydrogens is 565 g/mol. The minimum absolute atomic E-state index is 0.0611. The molecule has 10 heteroatoms. The summed E-state index contributed by atoms with van der Waals surface area (Å²) < 4.78 is 26.3. The van der Waals surface area contributed by atoms with Crippen LogP contribution in [0.5, 0.6) is 11.5 Å². The van der Waals surface area contributed by atoms with Crippen LogP contribution >= 0.6 is 0 Å². The fraction of sp³-hybridized carbons (Fsp3) is 0.176. The van der Waals surface area contributed by atoms with E-state index in [1.807, 2.05) is 18.2 Å². The number of carbonyl (C=O) groups is 2. The Kier molecular flexibility index (Phi) is 8.99. The van der Waals surface area contributed by atoms with Crippen molar-refractivity contribution in [3.8, 4) is 11.5 Å². The number of carbonyl (C=O) groups excluding carboxylic acids is 2. The van der Waals surface area contributed by atoms with Gasteiger partial charge < -0.3 is 14.8 Å². The number of benzene rings is 4. The van der Waals surface area contributed by atoms with Gasteiger partial charge in [0.15, 0.2) is 17.3 Å². The third-order valence-corrected chi connectivity index (χ3v) is 7.30. The van der Waals surface area contributed by atoms with Crippen molar-refractivity contribution < 1.29 is 23.5 Å². The van der Waals surface area contributed by atoms with Crippen LogP contribution in [-0.2, 0) is 19.5 Å². The van der Waals surface area contributed by atoms with Crippen LogP contribution in [0.4, 0.5) is 4.39 Å². The quantitative estimate of drug-likeness (QED) is 0.229. The van der Waals surface area contributed by atoms with Crippen molar-refractivity contribution >= 4 is 22.6 Å². The first-order valence-electron chi connectivity index (χ1n) is 13.9. The van der Waals surface area contributed by atoms with E-state index in [4.69, 9.17) is 9.47 Å². The second kappa shape index (κ2) is 13.2. The predicted molar refractivity (Wildman–Crippen MR) is 164 cm³/mol. The summed E-state index contributed by atoms with van der Waals surface area (Å²) in [6.07, 6.45) is 0.588. The van der Waals surface area contributed by atoms with Gasteiger partial charge >= 0.3 is 5.69 Å². The summed E-state index contributed by atoms with van der Waals surface area (Å²) in [4.78, 5) is 52.6. The van der Waals surface area contributed by atoms with Crippen LogP contribution in [0.3, 0.4) is 0 Å². The highest BCUT2D eigenvalue weighted by atomic mass is 19.1.